The van der Waals surface area contributed by atoms with Crippen LogP contribution in [0.3, 0.4) is 0 Å². The third-order valence-corrected chi connectivity index (χ3v) is 5.59. The summed E-state index contributed by atoms with van der Waals surface area (Å²) in [4.78, 5) is 11.3. The smallest absolute Gasteiger partial charge is 0.129 e. The lowest BCUT2D eigenvalue weighted by molar-refractivity contribution is -0.117. The Labute approximate surface area is 140 Å². The second kappa shape index (κ2) is 7.29. The molecule has 0 saturated heterocycles. The normalized spacial score (nSPS) is 19.1. The molecular formula is C22H28O. The largest absolute Gasteiger partial charge is 0.300 e. The molecule has 0 aromatic heterocycles. The summed E-state index contributed by atoms with van der Waals surface area (Å²) in [6, 6.07) is 6.85. The predicted octanol–water partition coefficient (Wildman–Crippen LogP) is 5.85. The van der Waals surface area contributed by atoms with Crippen molar-refractivity contribution < 1.29 is 4.79 Å². The van der Waals surface area contributed by atoms with E-state index in [1.807, 2.05) is 6.08 Å². The van der Waals surface area contributed by atoms with Crippen molar-refractivity contribution in [3.63, 3.8) is 0 Å². The lowest BCUT2D eigenvalue weighted by Gasteiger charge is -2.25. The van der Waals surface area contributed by atoms with E-state index in [0.717, 1.165) is 18.8 Å². The second-order valence-electron chi connectivity index (χ2n) is 7.15. The molecule has 122 valence electrons. The molecule has 1 atom stereocenters. The van der Waals surface area contributed by atoms with Crippen molar-refractivity contribution in [1.82, 2.24) is 0 Å². The maximum atomic E-state index is 11.3. The molecule has 1 nitrogen and oxygen atoms in total. The standard InChI is InChI=1S/C22H28O/c1-3-17(13-12-16(2)23)20-14-15-22-19(10-7-11-21(20)22)18-8-5-4-6-9-18/h3,7,10-11,14,17-18H,1,4-6,8-9,12-13,15H2,2H3. The van der Waals surface area contributed by atoms with Crippen LogP contribution in [0.25, 0.3) is 5.57 Å². The van der Waals surface area contributed by atoms with E-state index in [1.165, 1.54) is 43.2 Å². The highest BCUT2D eigenvalue weighted by molar-refractivity contribution is 5.78. The van der Waals surface area contributed by atoms with Crippen LogP contribution in [0.1, 0.15) is 74.5 Å². The molecular weight excluding hydrogens is 280 g/mol. The van der Waals surface area contributed by atoms with Crippen LogP contribution in [0.4, 0.5) is 0 Å². The Morgan fingerprint density at radius 3 is 2.78 bits per heavy atom. The molecule has 3 rings (SSSR count). The van der Waals surface area contributed by atoms with E-state index in [-0.39, 0.29) is 5.78 Å². The molecule has 1 saturated carbocycles. The Morgan fingerprint density at radius 2 is 2.09 bits per heavy atom. The van der Waals surface area contributed by atoms with Gasteiger partial charge in [-0.25, -0.2) is 0 Å². The first-order chi connectivity index (χ1) is 11.2. The van der Waals surface area contributed by atoms with Gasteiger partial charge in [-0.3, -0.25) is 0 Å². The van der Waals surface area contributed by atoms with Crippen LogP contribution in [-0.4, -0.2) is 5.78 Å². The van der Waals surface area contributed by atoms with Crippen LogP contribution in [0.2, 0.25) is 0 Å². The summed E-state index contributed by atoms with van der Waals surface area (Å²) in [6.45, 7) is 5.70. The fourth-order valence-corrected chi connectivity index (χ4v) is 4.33. The van der Waals surface area contributed by atoms with Crippen LogP contribution < -0.4 is 0 Å². The summed E-state index contributed by atoms with van der Waals surface area (Å²) in [5.41, 5.74) is 5.95. The molecule has 1 heteroatoms. The van der Waals surface area contributed by atoms with Crippen molar-refractivity contribution in [3.8, 4) is 0 Å². The zero-order valence-corrected chi connectivity index (χ0v) is 14.3. The Kier molecular flexibility index (Phi) is 5.15. The Balaban J connectivity index is 1.84. The van der Waals surface area contributed by atoms with Gasteiger partial charge in [-0.15, -0.1) is 6.58 Å². The molecule has 0 aliphatic heterocycles. The van der Waals surface area contributed by atoms with Crippen molar-refractivity contribution in [1.29, 1.82) is 0 Å². The van der Waals surface area contributed by atoms with E-state index in [0.29, 0.717) is 12.3 Å². The maximum absolute atomic E-state index is 11.3. The fraction of sp³-hybridized carbons (Fsp3) is 0.500. The summed E-state index contributed by atoms with van der Waals surface area (Å²) in [5, 5.41) is 0. The molecule has 2 aliphatic rings. The first-order valence-corrected chi connectivity index (χ1v) is 9.15. The molecule has 0 bridgehead atoms. The van der Waals surface area contributed by atoms with Gasteiger partial charge < -0.3 is 4.79 Å². The van der Waals surface area contributed by atoms with Gasteiger partial charge in [0, 0.05) is 12.3 Å². The van der Waals surface area contributed by atoms with Crippen molar-refractivity contribution in [3.05, 3.63) is 53.6 Å². The van der Waals surface area contributed by atoms with E-state index in [2.05, 4.69) is 30.9 Å². The van der Waals surface area contributed by atoms with Crippen molar-refractivity contribution >= 4 is 11.4 Å². The lowest BCUT2D eigenvalue weighted by Crippen LogP contribution is -2.08. The summed E-state index contributed by atoms with van der Waals surface area (Å²) in [7, 11) is 0. The first kappa shape index (κ1) is 16.2. The average Bonchev–Trinajstić information content (AvgIpc) is 3.00. The second-order valence-corrected chi connectivity index (χ2v) is 7.15. The summed E-state index contributed by atoms with van der Waals surface area (Å²) >= 11 is 0. The number of hydrogen-bond acceptors (Lipinski definition) is 1. The van der Waals surface area contributed by atoms with Gasteiger partial charge in [-0.2, -0.15) is 0 Å². The average molecular weight is 308 g/mol. The third-order valence-electron chi connectivity index (χ3n) is 5.59. The van der Waals surface area contributed by atoms with Gasteiger partial charge in [0.05, 0.1) is 0 Å². The number of fused-ring (bicyclic) bond motifs is 1. The van der Waals surface area contributed by atoms with E-state index in [9.17, 15) is 4.79 Å². The van der Waals surface area contributed by atoms with Crippen molar-refractivity contribution in [2.75, 3.05) is 0 Å². The van der Waals surface area contributed by atoms with Crippen molar-refractivity contribution in [2.45, 2.75) is 64.2 Å². The summed E-state index contributed by atoms with van der Waals surface area (Å²) in [5.74, 6) is 1.33. The topological polar surface area (TPSA) is 17.1 Å². The maximum Gasteiger partial charge on any atom is 0.129 e. The van der Waals surface area contributed by atoms with Crippen LogP contribution >= 0.6 is 0 Å². The molecule has 23 heavy (non-hydrogen) atoms. The molecule has 2 aliphatic carbocycles. The molecule has 0 radical (unpaired) electrons. The van der Waals surface area contributed by atoms with E-state index < -0.39 is 0 Å². The monoisotopic (exact) mass is 308 g/mol. The van der Waals surface area contributed by atoms with Crippen LogP contribution in [0.5, 0.6) is 0 Å². The fourth-order valence-electron chi connectivity index (χ4n) is 4.33. The minimum atomic E-state index is 0.270. The molecule has 0 heterocycles. The molecule has 1 unspecified atom stereocenters. The number of benzene rings is 1. The van der Waals surface area contributed by atoms with Crippen molar-refractivity contribution in [2.24, 2.45) is 5.92 Å². The molecule has 0 amide bonds. The quantitative estimate of drug-likeness (QED) is 0.603. The SMILES string of the molecule is C=CC(CCC(C)=O)C1=CCc2c1cccc2C1CCCCC1. The number of carbonyl (C=O) groups is 1. The molecule has 0 N–H and O–H groups in total. The summed E-state index contributed by atoms with van der Waals surface area (Å²) in [6.07, 6.45) is 13.8. The zero-order chi connectivity index (χ0) is 16.2. The Hall–Kier alpha value is -1.63. The molecule has 1 fully saturated rings. The molecule has 1 aromatic rings. The van der Waals surface area contributed by atoms with Crippen LogP contribution in [0, 0.1) is 5.92 Å². The minimum Gasteiger partial charge on any atom is -0.300 e. The third kappa shape index (κ3) is 3.49. The van der Waals surface area contributed by atoms with Gasteiger partial charge in [0.2, 0.25) is 0 Å². The number of Topliss-reactive ketones (excluding diaryl/α,β-unsaturated/α-hetero) is 1. The Bertz CT molecular complexity index is 617. The molecule has 1 aromatic carbocycles. The predicted molar refractivity (Wildman–Crippen MR) is 97.6 cm³/mol. The minimum absolute atomic E-state index is 0.270. The number of allylic oxidation sites excluding steroid dienone is 3. The van der Waals surface area contributed by atoms with Gasteiger partial charge >= 0.3 is 0 Å². The van der Waals surface area contributed by atoms with Crippen LogP contribution in [-0.2, 0) is 11.2 Å². The van der Waals surface area contributed by atoms with Gasteiger partial charge in [0.25, 0.3) is 0 Å². The summed E-state index contributed by atoms with van der Waals surface area (Å²) < 4.78 is 0. The molecule has 0 spiro atoms. The van der Waals surface area contributed by atoms with Gasteiger partial charge in [0.1, 0.15) is 5.78 Å². The van der Waals surface area contributed by atoms with Crippen LogP contribution in [0.15, 0.2) is 36.9 Å². The number of hydrogen-bond donors (Lipinski definition) is 0. The highest BCUT2D eigenvalue weighted by Crippen LogP contribution is 2.42. The van der Waals surface area contributed by atoms with E-state index in [4.69, 9.17) is 0 Å². The number of carbonyl (C=O) groups excluding carboxylic acids is 1. The first-order valence-electron chi connectivity index (χ1n) is 9.15. The highest BCUT2D eigenvalue weighted by Gasteiger charge is 2.25. The zero-order valence-electron chi connectivity index (χ0n) is 14.3. The number of ketones is 1. The highest BCUT2D eigenvalue weighted by atomic mass is 16.1. The number of rotatable bonds is 6. The van der Waals surface area contributed by atoms with Gasteiger partial charge in [-0.05, 0) is 60.8 Å². The van der Waals surface area contributed by atoms with Gasteiger partial charge in [0.15, 0.2) is 0 Å². The van der Waals surface area contributed by atoms with E-state index in [1.54, 1.807) is 18.1 Å². The van der Waals surface area contributed by atoms with E-state index >= 15 is 0 Å². The lowest BCUT2D eigenvalue weighted by atomic mass is 9.80. The Morgan fingerprint density at radius 1 is 1.30 bits per heavy atom. The van der Waals surface area contributed by atoms with Gasteiger partial charge in [-0.1, -0.05) is 49.6 Å².